The fourth-order valence-electron chi connectivity index (χ4n) is 1.52. The first-order chi connectivity index (χ1) is 7.06. The highest BCUT2D eigenvalue weighted by molar-refractivity contribution is 5.88. The monoisotopic (exact) mass is 217 g/mol. The summed E-state index contributed by atoms with van der Waals surface area (Å²) in [6, 6.07) is 0.837. The third-order valence-corrected chi connectivity index (χ3v) is 2.32. The van der Waals surface area contributed by atoms with Gasteiger partial charge in [-0.25, -0.2) is 0 Å². The second-order valence-corrected chi connectivity index (χ2v) is 3.59. The summed E-state index contributed by atoms with van der Waals surface area (Å²) in [5.74, 6) is -2.62. The van der Waals surface area contributed by atoms with Gasteiger partial charge in [-0.05, 0) is 19.9 Å². The van der Waals surface area contributed by atoms with Crippen molar-refractivity contribution in [1.29, 1.82) is 0 Å². The average molecular weight is 217 g/mol. The highest BCUT2D eigenvalue weighted by Crippen LogP contribution is 2.16. The topological polar surface area (TPSA) is 86.6 Å². The molecule has 1 fully saturated rings. The van der Waals surface area contributed by atoms with Crippen LogP contribution in [0.4, 0.5) is 0 Å². The van der Waals surface area contributed by atoms with Crippen molar-refractivity contribution in [3.63, 3.8) is 0 Å². The fourth-order valence-corrected chi connectivity index (χ4v) is 1.52. The quantitative estimate of drug-likeness (QED) is 0.616. The van der Waals surface area contributed by atoms with Crippen molar-refractivity contribution in [2.45, 2.75) is 44.6 Å². The number of carbonyl (C=O) groups is 2. The van der Waals surface area contributed by atoms with Crippen LogP contribution in [-0.2, 0) is 9.59 Å². The van der Waals surface area contributed by atoms with Crippen LogP contribution >= 0.6 is 0 Å². The van der Waals surface area contributed by atoms with Crippen molar-refractivity contribution >= 4 is 11.9 Å². The number of hydrogen-bond donors (Lipinski definition) is 3. The Morgan fingerprint density at radius 1 is 1.13 bits per heavy atom. The molecule has 0 bridgehead atoms. The Morgan fingerprint density at radius 2 is 1.60 bits per heavy atom. The van der Waals surface area contributed by atoms with Gasteiger partial charge in [-0.1, -0.05) is 19.3 Å². The summed E-state index contributed by atoms with van der Waals surface area (Å²) >= 11 is 0. The summed E-state index contributed by atoms with van der Waals surface area (Å²) in [4.78, 5) is 18.9. The lowest BCUT2D eigenvalue weighted by atomic mass is 9.96. The second-order valence-electron chi connectivity index (χ2n) is 3.59. The zero-order chi connectivity index (χ0) is 11.7. The predicted molar refractivity (Wildman–Crippen MR) is 55.8 cm³/mol. The van der Waals surface area contributed by atoms with Crippen molar-refractivity contribution in [2.24, 2.45) is 0 Å². The van der Waals surface area contributed by atoms with E-state index in [0.717, 1.165) is 6.04 Å². The minimum atomic E-state index is -1.31. The van der Waals surface area contributed by atoms with Crippen molar-refractivity contribution < 1.29 is 19.8 Å². The summed E-state index contributed by atoms with van der Waals surface area (Å²) in [5, 5.41) is 18.7. The van der Waals surface area contributed by atoms with E-state index in [1.54, 1.807) is 0 Å². The maximum Gasteiger partial charge on any atom is 0.314 e. The van der Waals surface area contributed by atoms with Crippen molar-refractivity contribution in [3.8, 4) is 0 Å². The molecule has 0 aliphatic heterocycles. The van der Waals surface area contributed by atoms with Gasteiger partial charge in [-0.15, -0.1) is 0 Å². The average Bonchev–Trinajstić information content (AvgIpc) is 2.18. The molecule has 0 heterocycles. The lowest BCUT2D eigenvalue weighted by Gasteiger charge is -2.20. The van der Waals surface area contributed by atoms with E-state index in [0.29, 0.717) is 0 Å². The lowest BCUT2D eigenvalue weighted by Crippen LogP contribution is -2.26. The van der Waals surface area contributed by atoms with Gasteiger partial charge >= 0.3 is 11.9 Å². The molecule has 0 aromatic carbocycles. The second kappa shape index (κ2) is 8.23. The summed E-state index contributed by atoms with van der Waals surface area (Å²) in [7, 11) is 2.07. The number of aliphatic carboxylic acids is 2. The molecule has 15 heavy (non-hydrogen) atoms. The summed E-state index contributed by atoms with van der Waals surface area (Å²) < 4.78 is 0. The summed E-state index contributed by atoms with van der Waals surface area (Å²) in [6.07, 6.45) is 6.32. The van der Waals surface area contributed by atoms with Crippen LogP contribution in [0.3, 0.4) is 0 Å². The first kappa shape index (κ1) is 13.9. The Balaban J connectivity index is 0.000000265. The number of carboxylic acid groups (broad SMARTS) is 2. The Morgan fingerprint density at radius 3 is 1.80 bits per heavy atom. The molecule has 1 rings (SSSR count). The molecule has 5 nitrogen and oxygen atoms in total. The van der Waals surface area contributed by atoms with Crippen molar-refractivity contribution in [3.05, 3.63) is 0 Å². The Kier molecular flexibility index (Phi) is 7.62. The van der Waals surface area contributed by atoms with Crippen molar-refractivity contribution in [2.75, 3.05) is 7.05 Å². The van der Waals surface area contributed by atoms with Gasteiger partial charge in [0.2, 0.25) is 0 Å². The van der Waals surface area contributed by atoms with Gasteiger partial charge in [0.1, 0.15) is 6.42 Å². The van der Waals surface area contributed by atoms with E-state index in [2.05, 4.69) is 12.4 Å². The zero-order valence-electron chi connectivity index (χ0n) is 9.03. The Hall–Kier alpha value is -1.10. The van der Waals surface area contributed by atoms with Gasteiger partial charge in [-0.2, -0.15) is 0 Å². The molecule has 0 spiro atoms. The van der Waals surface area contributed by atoms with E-state index in [-0.39, 0.29) is 0 Å². The first-order valence-corrected chi connectivity index (χ1v) is 5.17. The molecule has 0 unspecified atom stereocenters. The number of hydrogen-bond acceptors (Lipinski definition) is 3. The predicted octanol–water partition coefficient (Wildman–Crippen LogP) is 1.08. The SMILES string of the molecule is CNC1CCCCC1.O=C(O)CC(=O)O. The number of rotatable bonds is 3. The molecule has 0 atom stereocenters. The molecule has 3 N–H and O–H groups in total. The van der Waals surface area contributed by atoms with Crippen LogP contribution < -0.4 is 5.32 Å². The van der Waals surface area contributed by atoms with Crippen molar-refractivity contribution in [1.82, 2.24) is 5.32 Å². The van der Waals surface area contributed by atoms with E-state index >= 15 is 0 Å². The van der Waals surface area contributed by atoms with Crippen LogP contribution in [0, 0.1) is 0 Å². The molecule has 5 heteroatoms. The maximum absolute atomic E-state index is 9.43. The third kappa shape index (κ3) is 9.21. The first-order valence-electron chi connectivity index (χ1n) is 5.17. The molecular formula is C10H19NO4. The van der Waals surface area contributed by atoms with Gasteiger partial charge in [0.15, 0.2) is 0 Å². The zero-order valence-corrected chi connectivity index (χ0v) is 9.03. The molecule has 0 aromatic rings. The highest BCUT2D eigenvalue weighted by atomic mass is 16.4. The molecule has 0 aromatic heterocycles. The molecule has 88 valence electrons. The van der Waals surface area contributed by atoms with Crippen LogP contribution in [0.1, 0.15) is 38.5 Å². The van der Waals surface area contributed by atoms with E-state index < -0.39 is 18.4 Å². The minimum Gasteiger partial charge on any atom is -0.481 e. The Labute approximate surface area is 89.5 Å². The molecule has 0 amide bonds. The van der Waals surface area contributed by atoms with E-state index in [1.165, 1.54) is 32.1 Å². The smallest absolute Gasteiger partial charge is 0.314 e. The largest absolute Gasteiger partial charge is 0.481 e. The molecular weight excluding hydrogens is 198 g/mol. The maximum atomic E-state index is 9.43. The number of carboxylic acids is 2. The van der Waals surface area contributed by atoms with Gasteiger partial charge in [-0.3, -0.25) is 9.59 Å². The molecule has 1 aliphatic carbocycles. The van der Waals surface area contributed by atoms with E-state index in [4.69, 9.17) is 10.2 Å². The molecule has 1 saturated carbocycles. The van der Waals surface area contributed by atoms with Gasteiger partial charge in [0.05, 0.1) is 0 Å². The van der Waals surface area contributed by atoms with E-state index in [1.807, 2.05) is 0 Å². The standard InChI is InChI=1S/C7H15N.C3H4O4/c1-8-7-5-3-2-4-6-7;4-2(5)1-3(6)7/h7-8H,2-6H2,1H3;1H2,(H,4,5)(H,6,7). The van der Waals surface area contributed by atoms with Crippen LogP contribution in [0.25, 0.3) is 0 Å². The van der Waals surface area contributed by atoms with Crippen LogP contribution in [0.5, 0.6) is 0 Å². The molecule has 1 aliphatic rings. The normalized spacial score (nSPS) is 16.3. The fraction of sp³-hybridized carbons (Fsp3) is 0.800. The van der Waals surface area contributed by atoms with Gasteiger partial charge < -0.3 is 15.5 Å². The van der Waals surface area contributed by atoms with Crippen LogP contribution in [-0.4, -0.2) is 35.2 Å². The lowest BCUT2D eigenvalue weighted by molar-refractivity contribution is -0.147. The van der Waals surface area contributed by atoms with E-state index in [9.17, 15) is 9.59 Å². The van der Waals surface area contributed by atoms with Gasteiger partial charge in [0, 0.05) is 6.04 Å². The minimum absolute atomic E-state index is 0.806. The third-order valence-electron chi connectivity index (χ3n) is 2.32. The summed E-state index contributed by atoms with van der Waals surface area (Å²) in [5.41, 5.74) is 0. The number of nitrogens with one attached hydrogen (secondary N) is 1. The Bertz CT molecular complexity index is 188. The van der Waals surface area contributed by atoms with Crippen LogP contribution in [0.15, 0.2) is 0 Å². The highest BCUT2D eigenvalue weighted by Gasteiger charge is 2.09. The molecule has 0 saturated heterocycles. The summed E-state index contributed by atoms with van der Waals surface area (Å²) in [6.45, 7) is 0. The van der Waals surface area contributed by atoms with Crippen LogP contribution in [0.2, 0.25) is 0 Å². The molecule has 0 radical (unpaired) electrons. The van der Waals surface area contributed by atoms with Gasteiger partial charge in [0.25, 0.3) is 0 Å².